The molecule has 8 heteroatoms. The van der Waals surface area contributed by atoms with Gasteiger partial charge >= 0.3 is 0 Å². The SMILES string of the molecule is Cc1ccc(N(CC(=O)Nc2ccccc2C(N)=O)S(=O)(=O)c2ccccc2)cc1. The molecule has 0 aliphatic carbocycles. The highest BCUT2D eigenvalue weighted by molar-refractivity contribution is 7.92. The molecule has 3 rings (SSSR count). The number of nitrogens with two attached hydrogens (primary N) is 1. The highest BCUT2D eigenvalue weighted by Crippen LogP contribution is 2.24. The van der Waals surface area contributed by atoms with E-state index in [1.54, 1.807) is 54.6 Å². The Labute approximate surface area is 175 Å². The number of benzene rings is 3. The molecule has 0 unspecified atom stereocenters. The Morgan fingerprint density at radius 2 is 1.50 bits per heavy atom. The third-order valence-corrected chi connectivity index (χ3v) is 6.20. The second kappa shape index (κ2) is 8.79. The van der Waals surface area contributed by atoms with E-state index >= 15 is 0 Å². The number of primary amides is 1. The van der Waals surface area contributed by atoms with E-state index in [4.69, 9.17) is 5.73 Å². The lowest BCUT2D eigenvalue weighted by Gasteiger charge is -2.24. The molecule has 0 aromatic heterocycles. The van der Waals surface area contributed by atoms with Gasteiger partial charge in [-0.05, 0) is 43.3 Å². The first-order chi connectivity index (χ1) is 14.3. The summed E-state index contributed by atoms with van der Waals surface area (Å²) >= 11 is 0. The van der Waals surface area contributed by atoms with E-state index in [1.165, 1.54) is 24.3 Å². The largest absolute Gasteiger partial charge is 0.366 e. The van der Waals surface area contributed by atoms with E-state index in [9.17, 15) is 18.0 Å². The van der Waals surface area contributed by atoms with Gasteiger partial charge in [0.15, 0.2) is 0 Å². The van der Waals surface area contributed by atoms with Gasteiger partial charge in [-0.3, -0.25) is 13.9 Å². The van der Waals surface area contributed by atoms with Crippen molar-refractivity contribution in [2.75, 3.05) is 16.2 Å². The molecule has 30 heavy (non-hydrogen) atoms. The van der Waals surface area contributed by atoms with Crippen LogP contribution in [0.25, 0.3) is 0 Å². The maximum absolute atomic E-state index is 13.3. The van der Waals surface area contributed by atoms with Crippen LogP contribution in [0.4, 0.5) is 11.4 Å². The molecule has 0 radical (unpaired) electrons. The van der Waals surface area contributed by atoms with Crippen LogP contribution >= 0.6 is 0 Å². The van der Waals surface area contributed by atoms with Crippen molar-refractivity contribution in [1.82, 2.24) is 0 Å². The van der Waals surface area contributed by atoms with Crippen molar-refractivity contribution >= 4 is 33.2 Å². The van der Waals surface area contributed by atoms with Crippen molar-refractivity contribution in [3.8, 4) is 0 Å². The van der Waals surface area contributed by atoms with Crippen LogP contribution in [-0.2, 0) is 14.8 Å². The van der Waals surface area contributed by atoms with Crippen LogP contribution < -0.4 is 15.4 Å². The predicted molar refractivity (Wildman–Crippen MR) is 116 cm³/mol. The topological polar surface area (TPSA) is 110 Å². The summed E-state index contributed by atoms with van der Waals surface area (Å²) in [6.45, 7) is 1.40. The van der Waals surface area contributed by atoms with Crippen LogP contribution in [0, 0.1) is 6.92 Å². The minimum Gasteiger partial charge on any atom is -0.366 e. The molecule has 2 amide bonds. The minimum atomic E-state index is -4.00. The number of hydrogen-bond acceptors (Lipinski definition) is 4. The molecular weight excluding hydrogens is 402 g/mol. The van der Waals surface area contributed by atoms with Crippen LogP contribution in [0.3, 0.4) is 0 Å². The zero-order valence-electron chi connectivity index (χ0n) is 16.3. The molecule has 0 aliphatic rings. The molecule has 0 bridgehead atoms. The molecular formula is C22H21N3O4S. The zero-order valence-corrected chi connectivity index (χ0v) is 17.1. The normalized spacial score (nSPS) is 11.0. The first-order valence-electron chi connectivity index (χ1n) is 9.12. The lowest BCUT2D eigenvalue weighted by molar-refractivity contribution is -0.114. The molecule has 3 aromatic carbocycles. The number of anilines is 2. The quantitative estimate of drug-likeness (QED) is 0.609. The summed E-state index contributed by atoms with van der Waals surface area (Å²) in [6, 6.07) is 21.0. The summed E-state index contributed by atoms with van der Waals surface area (Å²) in [5, 5.41) is 2.58. The first-order valence-corrected chi connectivity index (χ1v) is 10.6. The van der Waals surface area contributed by atoms with E-state index in [0.717, 1.165) is 9.87 Å². The van der Waals surface area contributed by atoms with Crippen LogP contribution in [-0.4, -0.2) is 26.8 Å². The highest BCUT2D eigenvalue weighted by atomic mass is 32.2. The van der Waals surface area contributed by atoms with E-state index in [1.807, 2.05) is 6.92 Å². The molecule has 3 aromatic rings. The number of para-hydroxylation sites is 1. The summed E-state index contributed by atoms with van der Waals surface area (Å²) in [7, 11) is -4.00. The molecule has 154 valence electrons. The van der Waals surface area contributed by atoms with Crippen molar-refractivity contribution < 1.29 is 18.0 Å². The first kappa shape index (κ1) is 21.1. The second-order valence-corrected chi connectivity index (χ2v) is 8.48. The summed E-state index contributed by atoms with van der Waals surface area (Å²) in [5.74, 6) is -1.30. The summed E-state index contributed by atoms with van der Waals surface area (Å²) in [5.41, 5.74) is 7.01. The third-order valence-electron chi connectivity index (χ3n) is 4.41. The Morgan fingerprint density at radius 1 is 0.900 bits per heavy atom. The Kier molecular flexibility index (Phi) is 6.17. The number of carbonyl (C=O) groups excluding carboxylic acids is 2. The average molecular weight is 423 g/mol. The maximum Gasteiger partial charge on any atom is 0.264 e. The fraction of sp³-hybridized carbons (Fsp3) is 0.0909. The number of nitrogens with one attached hydrogen (secondary N) is 1. The van der Waals surface area contributed by atoms with E-state index in [2.05, 4.69) is 5.32 Å². The number of amides is 2. The van der Waals surface area contributed by atoms with E-state index < -0.39 is 28.4 Å². The number of rotatable bonds is 7. The lowest BCUT2D eigenvalue weighted by atomic mass is 10.1. The predicted octanol–water partition coefficient (Wildman–Crippen LogP) is 2.93. The Morgan fingerprint density at radius 3 is 2.13 bits per heavy atom. The van der Waals surface area contributed by atoms with E-state index in [0.29, 0.717) is 5.69 Å². The van der Waals surface area contributed by atoms with E-state index in [-0.39, 0.29) is 16.1 Å². The molecule has 3 N–H and O–H groups in total. The molecule has 0 saturated heterocycles. The van der Waals surface area contributed by atoms with Gasteiger partial charge in [0.2, 0.25) is 5.91 Å². The number of aryl methyl sites for hydroxylation is 1. The number of hydrogen-bond donors (Lipinski definition) is 2. The average Bonchev–Trinajstić information content (AvgIpc) is 2.73. The summed E-state index contributed by atoms with van der Waals surface area (Å²) in [4.78, 5) is 24.4. The molecule has 7 nitrogen and oxygen atoms in total. The fourth-order valence-electron chi connectivity index (χ4n) is 2.87. The van der Waals surface area contributed by atoms with Gasteiger partial charge in [-0.2, -0.15) is 0 Å². The van der Waals surface area contributed by atoms with Crippen molar-refractivity contribution in [2.24, 2.45) is 5.73 Å². The van der Waals surface area contributed by atoms with Crippen molar-refractivity contribution in [3.63, 3.8) is 0 Å². The Hall–Kier alpha value is -3.65. The van der Waals surface area contributed by atoms with Crippen LogP contribution in [0.2, 0.25) is 0 Å². The Bertz CT molecular complexity index is 1160. The van der Waals surface area contributed by atoms with Crippen LogP contribution in [0.1, 0.15) is 15.9 Å². The van der Waals surface area contributed by atoms with Gasteiger partial charge in [0, 0.05) is 0 Å². The highest BCUT2D eigenvalue weighted by Gasteiger charge is 2.27. The molecule has 0 saturated carbocycles. The van der Waals surface area contributed by atoms with Gasteiger partial charge in [0.05, 0.1) is 21.8 Å². The minimum absolute atomic E-state index is 0.0657. The third kappa shape index (κ3) is 4.66. The summed E-state index contributed by atoms with van der Waals surface area (Å²) in [6.07, 6.45) is 0. The second-order valence-electron chi connectivity index (χ2n) is 6.62. The van der Waals surface area contributed by atoms with Crippen LogP contribution in [0.5, 0.6) is 0 Å². The Balaban J connectivity index is 1.95. The number of sulfonamides is 1. The van der Waals surface area contributed by atoms with Gasteiger partial charge in [-0.1, -0.05) is 48.0 Å². The molecule has 0 spiro atoms. The molecule has 0 heterocycles. The molecule has 0 atom stereocenters. The van der Waals surface area contributed by atoms with Gasteiger partial charge in [0.25, 0.3) is 15.9 Å². The van der Waals surface area contributed by atoms with Gasteiger partial charge in [-0.25, -0.2) is 8.42 Å². The van der Waals surface area contributed by atoms with Gasteiger partial charge < -0.3 is 11.1 Å². The van der Waals surface area contributed by atoms with Gasteiger partial charge in [0.1, 0.15) is 6.54 Å². The smallest absolute Gasteiger partial charge is 0.264 e. The van der Waals surface area contributed by atoms with Crippen LogP contribution in [0.15, 0.2) is 83.8 Å². The monoisotopic (exact) mass is 423 g/mol. The standard InChI is InChI=1S/C22H21N3O4S/c1-16-11-13-17(14-12-16)25(30(28,29)18-7-3-2-4-8-18)15-21(26)24-20-10-6-5-9-19(20)22(23)27/h2-14H,15H2,1H3,(H2,23,27)(H,24,26). The van der Waals surface area contributed by atoms with Crippen molar-refractivity contribution in [3.05, 3.63) is 90.0 Å². The zero-order chi connectivity index (χ0) is 21.7. The van der Waals surface area contributed by atoms with Crippen molar-refractivity contribution in [1.29, 1.82) is 0 Å². The fourth-order valence-corrected chi connectivity index (χ4v) is 4.31. The number of carbonyl (C=O) groups is 2. The summed E-state index contributed by atoms with van der Waals surface area (Å²) < 4.78 is 27.5. The molecule has 0 aliphatic heterocycles. The number of nitrogens with zero attached hydrogens (tertiary/aromatic N) is 1. The maximum atomic E-state index is 13.3. The van der Waals surface area contributed by atoms with Gasteiger partial charge in [-0.15, -0.1) is 0 Å². The van der Waals surface area contributed by atoms with Crippen molar-refractivity contribution in [2.45, 2.75) is 11.8 Å². The lowest BCUT2D eigenvalue weighted by Crippen LogP contribution is -2.38. The molecule has 0 fully saturated rings.